The molecule has 0 aromatic carbocycles. The van der Waals surface area contributed by atoms with Crippen molar-refractivity contribution in [1.82, 2.24) is 9.88 Å². The van der Waals surface area contributed by atoms with Gasteiger partial charge in [0.25, 0.3) is 0 Å². The van der Waals surface area contributed by atoms with Crippen molar-refractivity contribution in [1.29, 1.82) is 0 Å². The Labute approximate surface area is 119 Å². The molecule has 1 saturated heterocycles. The molecular formula is C13H14BrN3O2. The van der Waals surface area contributed by atoms with E-state index in [0.717, 1.165) is 18.4 Å². The maximum atomic E-state index is 12.3. The van der Waals surface area contributed by atoms with Crippen molar-refractivity contribution < 1.29 is 9.59 Å². The van der Waals surface area contributed by atoms with Crippen LogP contribution in [-0.4, -0.2) is 34.8 Å². The number of fused-ring (bicyclic) bond motifs is 1. The van der Waals surface area contributed by atoms with Crippen LogP contribution in [0.5, 0.6) is 0 Å². The third-order valence-corrected chi connectivity index (χ3v) is 4.34. The van der Waals surface area contributed by atoms with Gasteiger partial charge >= 0.3 is 0 Å². The minimum atomic E-state index is -0.331. The molecular weight excluding hydrogens is 310 g/mol. The van der Waals surface area contributed by atoms with Gasteiger partial charge in [-0.3, -0.25) is 9.59 Å². The maximum Gasteiger partial charge on any atom is 0.248 e. The van der Waals surface area contributed by atoms with Gasteiger partial charge in [0.1, 0.15) is 16.5 Å². The highest BCUT2D eigenvalue weighted by Crippen LogP contribution is 2.49. The first-order valence-corrected chi connectivity index (χ1v) is 7.04. The van der Waals surface area contributed by atoms with Crippen LogP contribution in [0.25, 0.3) is 0 Å². The van der Waals surface area contributed by atoms with Gasteiger partial charge in [0, 0.05) is 6.54 Å². The Bertz CT molecular complexity index is 549. The van der Waals surface area contributed by atoms with Crippen LogP contribution in [-0.2, 0) is 9.59 Å². The number of hydrogen-bond acceptors (Lipinski definition) is 3. The second-order valence-corrected chi connectivity index (χ2v) is 6.01. The molecule has 3 rings (SSSR count). The molecule has 6 heteroatoms. The van der Waals surface area contributed by atoms with Gasteiger partial charge in [-0.2, -0.15) is 0 Å². The summed E-state index contributed by atoms with van der Waals surface area (Å²) in [5, 5.41) is 2.83. The first-order valence-electron chi connectivity index (χ1n) is 6.25. The molecule has 2 fully saturated rings. The minimum Gasteiger partial charge on any atom is -0.333 e. The number of piperidine rings is 1. The van der Waals surface area contributed by atoms with E-state index in [1.165, 1.54) is 0 Å². The predicted octanol–water partition coefficient (Wildman–Crippen LogP) is 1.57. The van der Waals surface area contributed by atoms with Crippen LogP contribution < -0.4 is 5.32 Å². The first-order chi connectivity index (χ1) is 9.10. The van der Waals surface area contributed by atoms with Crippen molar-refractivity contribution in [3.8, 4) is 0 Å². The second-order valence-electron chi connectivity index (χ2n) is 5.20. The third-order valence-electron chi connectivity index (χ3n) is 3.89. The van der Waals surface area contributed by atoms with Crippen LogP contribution >= 0.6 is 15.9 Å². The van der Waals surface area contributed by atoms with Crippen molar-refractivity contribution in [2.24, 2.45) is 11.8 Å². The average molecular weight is 324 g/mol. The largest absolute Gasteiger partial charge is 0.333 e. The average Bonchev–Trinajstić information content (AvgIpc) is 3.04. The summed E-state index contributed by atoms with van der Waals surface area (Å²) in [7, 11) is 0. The lowest BCUT2D eigenvalue weighted by molar-refractivity contribution is -0.128. The number of rotatable bonds is 3. The molecule has 3 atom stereocenters. The Morgan fingerprint density at radius 2 is 2.37 bits per heavy atom. The molecule has 2 amide bonds. The minimum absolute atomic E-state index is 0.134. The molecule has 19 heavy (non-hydrogen) atoms. The van der Waals surface area contributed by atoms with Crippen LogP contribution in [0.4, 0.5) is 5.82 Å². The van der Waals surface area contributed by atoms with Crippen LogP contribution in [0.3, 0.4) is 0 Å². The Kier molecular flexibility index (Phi) is 3.05. The second kappa shape index (κ2) is 4.59. The van der Waals surface area contributed by atoms with Crippen LogP contribution in [0.1, 0.15) is 12.0 Å². The van der Waals surface area contributed by atoms with Gasteiger partial charge in [0.2, 0.25) is 12.3 Å². The summed E-state index contributed by atoms with van der Waals surface area (Å²) in [6.07, 6.45) is 1.82. The quantitative estimate of drug-likeness (QED) is 0.678. The summed E-state index contributed by atoms with van der Waals surface area (Å²) < 4.78 is 0.677. The number of pyridine rings is 1. The maximum absolute atomic E-state index is 12.3. The zero-order chi connectivity index (χ0) is 13.6. The highest BCUT2D eigenvalue weighted by Gasteiger charge is 2.55. The number of nitrogens with one attached hydrogen (secondary N) is 1. The SMILES string of the molecule is Cc1ccc(Br)nc1NC(=O)[C@@H]1[C@@H]2C[C@@H]2CN1C=O. The summed E-state index contributed by atoms with van der Waals surface area (Å²) in [4.78, 5) is 29.2. The van der Waals surface area contributed by atoms with E-state index in [0.29, 0.717) is 28.8 Å². The summed E-state index contributed by atoms with van der Waals surface area (Å²) in [6.45, 7) is 2.60. The fourth-order valence-electron chi connectivity index (χ4n) is 2.77. The van der Waals surface area contributed by atoms with E-state index >= 15 is 0 Å². The Hall–Kier alpha value is -1.43. The molecule has 0 spiro atoms. The van der Waals surface area contributed by atoms with E-state index in [-0.39, 0.29) is 11.9 Å². The Morgan fingerprint density at radius 3 is 3.11 bits per heavy atom. The normalized spacial score (nSPS) is 27.9. The molecule has 1 aliphatic carbocycles. The summed E-state index contributed by atoms with van der Waals surface area (Å²) in [5.74, 6) is 1.26. The smallest absolute Gasteiger partial charge is 0.248 e. The van der Waals surface area contributed by atoms with Gasteiger partial charge in [-0.1, -0.05) is 6.07 Å². The topological polar surface area (TPSA) is 62.3 Å². The fraction of sp³-hybridized carbons (Fsp3) is 0.462. The monoisotopic (exact) mass is 323 g/mol. The number of halogens is 1. The molecule has 100 valence electrons. The molecule has 5 nitrogen and oxygen atoms in total. The zero-order valence-electron chi connectivity index (χ0n) is 10.5. The number of anilines is 1. The van der Waals surface area contributed by atoms with Crippen LogP contribution in [0.2, 0.25) is 0 Å². The number of aromatic nitrogens is 1. The molecule has 2 heterocycles. The van der Waals surface area contributed by atoms with Gasteiger partial charge in [-0.15, -0.1) is 0 Å². The summed E-state index contributed by atoms with van der Waals surface area (Å²) >= 11 is 3.29. The molecule has 1 aliphatic heterocycles. The third kappa shape index (κ3) is 2.25. The first kappa shape index (κ1) is 12.6. The molecule has 0 unspecified atom stereocenters. The van der Waals surface area contributed by atoms with Crippen molar-refractivity contribution in [2.45, 2.75) is 19.4 Å². The zero-order valence-corrected chi connectivity index (χ0v) is 12.1. The standard InChI is InChI=1S/C13H14BrN3O2/c1-7-2-3-10(14)15-12(7)16-13(19)11-9-4-8(9)5-17(11)6-18/h2-3,6,8-9,11H,4-5H2,1H3,(H,15,16,19)/t8-,9-,11+/m1/s1. The molecule has 1 N–H and O–H groups in total. The van der Waals surface area contributed by atoms with Crippen LogP contribution in [0.15, 0.2) is 16.7 Å². The molecule has 1 aromatic heterocycles. The number of carbonyl (C=O) groups is 2. The van der Waals surface area contributed by atoms with Gasteiger partial charge in [-0.05, 0) is 52.7 Å². The lowest BCUT2D eigenvalue weighted by Crippen LogP contribution is -2.42. The highest BCUT2D eigenvalue weighted by molar-refractivity contribution is 9.10. The Balaban J connectivity index is 1.77. The number of carbonyl (C=O) groups excluding carboxylic acids is 2. The van der Waals surface area contributed by atoms with Crippen molar-refractivity contribution >= 4 is 34.1 Å². The van der Waals surface area contributed by atoms with Crippen molar-refractivity contribution in [3.05, 3.63) is 22.3 Å². The fourth-order valence-corrected chi connectivity index (χ4v) is 3.08. The van der Waals surface area contributed by atoms with Crippen molar-refractivity contribution in [2.75, 3.05) is 11.9 Å². The van der Waals surface area contributed by atoms with E-state index in [9.17, 15) is 9.59 Å². The molecule has 1 aromatic rings. The molecule has 2 aliphatic rings. The lowest BCUT2D eigenvalue weighted by Gasteiger charge is -2.22. The van der Waals surface area contributed by atoms with Gasteiger partial charge in [0.15, 0.2) is 0 Å². The number of hydrogen-bond donors (Lipinski definition) is 1. The van der Waals surface area contributed by atoms with Gasteiger partial charge in [-0.25, -0.2) is 4.98 Å². The summed E-state index contributed by atoms with van der Waals surface area (Å²) in [5.41, 5.74) is 0.902. The van der Waals surface area contributed by atoms with Crippen molar-refractivity contribution in [3.63, 3.8) is 0 Å². The van der Waals surface area contributed by atoms with E-state index in [4.69, 9.17) is 0 Å². The molecule has 1 saturated carbocycles. The lowest BCUT2D eigenvalue weighted by atomic mass is 10.1. The Morgan fingerprint density at radius 1 is 1.58 bits per heavy atom. The summed E-state index contributed by atoms with van der Waals surface area (Å²) in [6, 6.07) is 3.39. The van der Waals surface area contributed by atoms with Gasteiger partial charge in [0.05, 0.1) is 0 Å². The highest BCUT2D eigenvalue weighted by atomic mass is 79.9. The number of likely N-dealkylation sites (tertiary alicyclic amines) is 1. The number of amides is 2. The number of aryl methyl sites for hydroxylation is 1. The van der Waals surface area contributed by atoms with E-state index in [1.807, 2.05) is 19.1 Å². The van der Waals surface area contributed by atoms with E-state index in [2.05, 4.69) is 26.2 Å². The molecule has 0 radical (unpaired) electrons. The van der Waals surface area contributed by atoms with E-state index in [1.54, 1.807) is 4.90 Å². The van der Waals surface area contributed by atoms with E-state index < -0.39 is 0 Å². The molecule has 0 bridgehead atoms. The predicted molar refractivity (Wildman–Crippen MR) is 73.5 cm³/mol. The van der Waals surface area contributed by atoms with Gasteiger partial charge < -0.3 is 10.2 Å². The van der Waals surface area contributed by atoms with Crippen LogP contribution in [0, 0.1) is 18.8 Å². The number of nitrogens with zero attached hydrogens (tertiary/aromatic N) is 2.